The van der Waals surface area contributed by atoms with Gasteiger partial charge in [0.15, 0.2) is 0 Å². The predicted octanol–water partition coefficient (Wildman–Crippen LogP) is 7.18. The fourth-order valence-electron chi connectivity index (χ4n) is 5.45. The lowest BCUT2D eigenvalue weighted by Gasteiger charge is -2.12. The van der Waals surface area contributed by atoms with Gasteiger partial charge < -0.3 is 9.13 Å². The first-order valence-corrected chi connectivity index (χ1v) is 15.3. The van der Waals surface area contributed by atoms with Crippen molar-refractivity contribution < 1.29 is 26.3 Å². The van der Waals surface area contributed by atoms with E-state index in [0.29, 0.717) is 26.3 Å². The van der Waals surface area contributed by atoms with Gasteiger partial charge in [0.25, 0.3) is 11.1 Å². The highest BCUT2D eigenvalue weighted by Crippen LogP contribution is 2.29. The average molecular weight is 751 g/mol. The Labute approximate surface area is 286 Å². The van der Waals surface area contributed by atoms with Crippen LogP contribution in [0.25, 0.3) is 44.3 Å². The van der Waals surface area contributed by atoms with Crippen LogP contribution in [0.4, 0.5) is 26.3 Å². The summed E-state index contributed by atoms with van der Waals surface area (Å²) in [5, 5.41) is 16.6. The summed E-state index contributed by atoms with van der Waals surface area (Å²) < 4.78 is 84.6. The molecule has 7 aromatic rings. The minimum absolute atomic E-state index is 0.00294. The second kappa shape index (κ2) is 13.7. The third-order valence-corrected chi connectivity index (χ3v) is 8.41. The fraction of sp³-hybridized carbons (Fsp3) is 0.0857. The van der Waals surface area contributed by atoms with Crippen molar-refractivity contribution in [1.29, 1.82) is 0 Å². The molecule has 8 nitrogen and oxygen atoms in total. The van der Waals surface area contributed by atoms with E-state index in [9.17, 15) is 35.9 Å². The van der Waals surface area contributed by atoms with Gasteiger partial charge in [-0.3, -0.25) is 9.59 Å². The summed E-state index contributed by atoms with van der Waals surface area (Å²) in [6.45, 7) is 0. The number of halogens is 7. The van der Waals surface area contributed by atoms with Crippen LogP contribution in [0.15, 0.2) is 93.2 Å². The smallest absolute Gasteiger partial charge is 0.265 e. The van der Waals surface area contributed by atoms with Crippen molar-refractivity contribution in [3.05, 3.63) is 150 Å². The van der Waals surface area contributed by atoms with E-state index < -0.39 is 40.5 Å². The number of fused-ring (bicyclic) bond motifs is 2. The molecular weight excluding hydrogens is 730 g/mol. The lowest BCUT2D eigenvalue weighted by atomic mass is 10.0. The maximum Gasteiger partial charge on any atom is 0.265 e. The minimum Gasteiger partial charge on any atom is -0.309 e. The van der Waals surface area contributed by atoms with Crippen LogP contribution in [0.5, 0.6) is 0 Å². The molecule has 7 rings (SSSR count). The summed E-state index contributed by atoms with van der Waals surface area (Å²) in [7, 11) is 3.03. The van der Waals surface area contributed by atoms with Gasteiger partial charge in [0.2, 0.25) is 0 Å². The average Bonchev–Trinajstić information content (AvgIpc) is 3.07. The zero-order valence-electron chi connectivity index (χ0n) is 25.9. The number of aromatic nitrogens is 6. The zero-order chi connectivity index (χ0) is 35.9. The van der Waals surface area contributed by atoms with E-state index in [1.165, 1.54) is 52.8 Å². The third kappa shape index (κ3) is 6.51. The van der Waals surface area contributed by atoms with E-state index in [1.54, 1.807) is 13.1 Å². The van der Waals surface area contributed by atoms with Gasteiger partial charge in [-0.05, 0) is 64.0 Å². The van der Waals surface area contributed by atoms with Crippen molar-refractivity contribution in [2.24, 2.45) is 14.1 Å². The van der Waals surface area contributed by atoms with Gasteiger partial charge in [-0.25, -0.2) is 26.3 Å². The first kappa shape index (κ1) is 34.2. The first-order valence-electron chi connectivity index (χ1n) is 14.5. The Kier molecular flexibility index (Phi) is 9.34. The second-order valence-electron chi connectivity index (χ2n) is 11.0. The summed E-state index contributed by atoms with van der Waals surface area (Å²) in [6, 6.07) is 12.5. The Bertz CT molecular complexity index is 2590. The molecule has 0 aliphatic carbocycles. The van der Waals surface area contributed by atoms with Crippen LogP contribution in [0.2, 0.25) is 0 Å². The molecule has 0 aliphatic rings. The molecular formula is C35H21BrF6N6O2. The summed E-state index contributed by atoms with van der Waals surface area (Å²) in [5.41, 5.74) is 0.790. The fourth-order valence-corrected chi connectivity index (χ4v) is 5.97. The SMILES string of the molecule is Cn1c(=O)c(Br)cc2cnnc(-c3ccc(F)cc3F)c21.Cn1c(=O)c(Cc2ccc(F)cc2F)cc2cnnc(-c3ccc(F)cc3F)c21. The molecule has 15 heteroatoms. The van der Waals surface area contributed by atoms with Gasteiger partial charge >= 0.3 is 0 Å². The molecule has 4 aromatic heterocycles. The molecule has 0 saturated carbocycles. The van der Waals surface area contributed by atoms with E-state index in [4.69, 9.17) is 0 Å². The molecule has 4 heterocycles. The molecule has 50 heavy (non-hydrogen) atoms. The molecule has 3 aromatic carbocycles. The van der Waals surface area contributed by atoms with Gasteiger partial charge in [0.05, 0.1) is 27.9 Å². The van der Waals surface area contributed by atoms with Crippen molar-refractivity contribution in [3.8, 4) is 22.5 Å². The van der Waals surface area contributed by atoms with Crippen LogP contribution in [0, 0.1) is 34.9 Å². The molecule has 0 aliphatic heterocycles. The van der Waals surface area contributed by atoms with Crippen LogP contribution in [-0.2, 0) is 20.5 Å². The van der Waals surface area contributed by atoms with Crippen molar-refractivity contribution in [2.45, 2.75) is 6.42 Å². The molecule has 0 radical (unpaired) electrons. The molecule has 0 bridgehead atoms. The van der Waals surface area contributed by atoms with E-state index in [0.717, 1.165) is 36.4 Å². The topological polar surface area (TPSA) is 95.6 Å². The molecule has 0 unspecified atom stereocenters. The normalized spacial score (nSPS) is 11.1. The number of nitrogens with zero attached hydrogens (tertiary/aromatic N) is 6. The maximum atomic E-state index is 14.3. The Hall–Kier alpha value is -5.70. The van der Waals surface area contributed by atoms with E-state index in [1.807, 2.05) is 0 Å². The van der Waals surface area contributed by atoms with Crippen LogP contribution >= 0.6 is 15.9 Å². The van der Waals surface area contributed by atoms with Crippen LogP contribution in [-0.4, -0.2) is 29.5 Å². The molecule has 252 valence electrons. The number of hydrogen-bond acceptors (Lipinski definition) is 6. The lowest BCUT2D eigenvalue weighted by Crippen LogP contribution is -2.22. The molecule has 0 atom stereocenters. The van der Waals surface area contributed by atoms with Gasteiger partial charge in [0, 0.05) is 66.2 Å². The number of aryl methyl sites for hydroxylation is 2. The Morgan fingerprint density at radius 3 is 1.54 bits per heavy atom. The van der Waals surface area contributed by atoms with E-state index in [-0.39, 0.29) is 45.6 Å². The van der Waals surface area contributed by atoms with E-state index >= 15 is 0 Å². The second-order valence-corrected chi connectivity index (χ2v) is 11.9. The van der Waals surface area contributed by atoms with Crippen LogP contribution in [0.1, 0.15) is 11.1 Å². The number of rotatable bonds is 4. The highest BCUT2D eigenvalue weighted by molar-refractivity contribution is 9.10. The molecule has 0 fully saturated rings. The highest BCUT2D eigenvalue weighted by Gasteiger charge is 2.18. The summed E-state index contributed by atoms with van der Waals surface area (Å²) in [5.74, 6) is -4.48. The third-order valence-electron chi connectivity index (χ3n) is 7.84. The van der Waals surface area contributed by atoms with E-state index in [2.05, 4.69) is 36.3 Å². The molecule has 0 spiro atoms. The Morgan fingerprint density at radius 1 is 0.580 bits per heavy atom. The highest BCUT2D eigenvalue weighted by atomic mass is 79.9. The predicted molar refractivity (Wildman–Crippen MR) is 177 cm³/mol. The van der Waals surface area contributed by atoms with Crippen LogP contribution < -0.4 is 11.1 Å². The minimum atomic E-state index is -0.836. The number of pyridine rings is 2. The lowest BCUT2D eigenvalue weighted by molar-refractivity contribution is 0.574. The molecule has 0 N–H and O–H groups in total. The van der Waals surface area contributed by atoms with Crippen molar-refractivity contribution in [2.75, 3.05) is 0 Å². The Balaban J connectivity index is 0.000000182. The maximum absolute atomic E-state index is 14.3. The molecule has 0 amide bonds. The summed E-state index contributed by atoms with van der Waals surface area (Å²) >= 11 is 3.17. The van der Waals surface area contributed by atoms with Gasteiger partial charge in [-0.1, -0.05) is 6.07 Å². The standard InChI is InChI=1S/C21H13F4N3O.C14H8BrF2N3O/c1-28-20-13(10-26-27-19(20)16-5-4-15(23)9-18(16)25)7-12(21(28)29)6-11-2-3-14(22)8-17(11)24;1-20-13-7(4-10(15)14(20)21)6-18-19-12(13)9-3-2-8(16)5-11(9)17/h2-5,7-10H,6H2,1H3;2-6H,1H3. The number of hydrogen-bond donors (Lipinski definition) is 0. The van der Waals surface area contributed by atoms with Crippen molar-refractivity contribution in [3.63, 3.8) is 0 Å². The first-order chi connectivity index (χ1) is 23.8. The zero-order valence-corrected chi connectivity index (χ0v) is 27.4. The van der Waals surface area contributed by atoms with Gasteiger partial charge in [-0.15, -0.1) is 10.2 Å². The largest absolute Gasteiger partial charge is 0.309 e. The van der Waals surface area contributed by atoms with Gasteiger partial charge in [0.1, 0.15) is 46.3 Å². The number of benzene rings is 3. The van der Waals surface area contributed by atoms with Gasteiger partial charge in [-0.2, -0.15) is 10.2 Å². The summed E-state index contributed by atoms with van der Waals surface area (Å²) in [6.07, 6.45) is 2.81. The summed E-state index contributed by atoms with van der Waals surface area (Å²) in [4.78, 5) is 24.9. The quantitative estimate of drug-likeness (QED) is 0.177. The van der Waals surface area contributed by atoms with Crippen molar-refractivity contribution >= 4 is 37.7 Å². The monoisotopic (exact) mass is 750 g/mol. The molecule has 0 saturated heterocycles. The Morgan fingerprint density at radius 2 is 1.04 bits per heavy atom. The van der Waals surface area contributed by atoms with Crippen LogP contribution in [0.3, 0.4) is 0 Å². The van der Waals surface area contributed by atoms with Crippen molar-refractivity contribution in [1.82, 2.24) is 29.5 Å².